The van der Waals surface area contributed by atoms with E-state index in [1.54, 1.807) is 18.9 Å². The summed E-state index contributed by atoms with van der Waals surface area (Å²) in [6.07, 6.45) is 0. The molecule has 0 aromatic heterocycles. The summed E-state index contributed by atoms with van der Waals surface area (Å²) in [7, 11) is 1.56. The number of aryl methyl sites for hydroxylation is 1. The molecule has 0 atom stereocenters. The van der Waals surface area contributed by atoms with Gasteiger partial charge in [0.15, 0.2) is 5.84 Å². The van der Waals surface area contributed by atoms with E-state index in [9.17, 15) is 0 Å². The van der Waals surface area contributed by atoms with Crippen LogP contribution < -0.4 is 10.5 Å². The molecule has 110 valence electrons. The lowest BCUT2D eigenvalue weighted by Crippen LogP contribution is -2.14. The highest BCUT2D eigenvalue weighted by Gasteiger charge is 2.09. The van der Waals surface area contributed by atoms with Crippen molar-refractivity contribution in [1.29, 1.82) is 0 Å². The zero-order chi connectivity index (χ0) is 15.2. The maximum Gasteiger partial charge on any atom is 0.173 e. The SMILES string of the molecule is COc1ccc(CSc2cccc(C)c2)cc1C(N)=NO. The first-order valence-corrected chi connectivity index (χ1v) is 7.47. The zero-order valence-electron chi connectivity index (χ0n) is 12.0. The van der Waals surface area contributed by atoms with Gasteiger partial charge in [0.1, 0.15) is 5.75 Å². The normalized spacial score (nSPS) is 11.4. The minimum absolute atomic E-state index is 0.0502. The van der Waals surface area contributed by atoms with Crippen molar-refractivity contribution < 1.29 is 9.94 Å². The Hall–Kier alpha value is -2.14. The van der Waals surface area contributed by atoms with Gasteiger partial charge in [-0.15, -0.1) is 11.8 Å². The molecule has 0 unspecified atom stereocenters. The fourth-order valence-electron chi connectivity index (χ4n) is 1.97. The average Bonchev–Trinajstić information content (AvgIpc) is 2.52. The number of methoxy groups -OCH3 is 1. The van der Waals surface area contributed by atoms with E-state index in [1.807, 2.05) is 24.3 Å². The van der Waals surface area contributed by atoms with Gasteiger partial charge in [0.05, 0.1) is 12.7 Å². The summed E-state index contributed by atoms with van der Waals surface area (Å²) >= 11 is 1.75. The second-order valence-electron chi connectivity index (χ2n) is 4.63. The van der Waals surface area contributed by atoms with Crippen LogP contribution in [-0.2, 0) is 5.75 Å². The van der Waals surface area contributed by atoms with Crippen LogP contribution in [0.5, 0.6) is 5.75 Å². The monoisotopic (exact) mass is 302 g/mol. The molecule has 0 radical (unpaired) electrons. The van der Waals surface area contributed by atoms with Crippen molar-refractivity contribution >= 4 is 17.6 Å². The third-order valence-corrected chi connectivity index (χ3v) is 4.11. The van der Waals surface area contributed by atoms with Gasteiger partial charge in [-0.1, -0.05) is 28.9 Å². The van der Waals surface area contributed by atoms with Crippen LogP contribution in [0.1, 0.15) is 16.7 Å². The fraction of sp³-hybridized carbons (Fsp3) is 0.188. The summed E-state index contributed by atoms with van der Waals surface area (Å²) in [6.45, 7) is 2.08. The Kier molecular flexibility index (Phi) is 5.11. The second-order valence-corrected chi connectivity index (χ2v) is 5.67. The first-order chi connectivity index (χ1) is 10.1. The van der Waals surface area contributed by atoms with E-state index in [0.717, 1.165) is 11.3 Å². The van der Waals surface area contributed by atoms with Gasteiger partial charge in [-0.05, 0) is 36.8 Å². The molecule has 0 bridgehead atoms. The van der Waals surface area contributed by atoms with Gasteiger partial charge in [0, 0.05) is 10.6 Å². The van der Waals surface area contributed by atoms with E-state index in [1.165, 1.54) is 10.5 Å². The molecule has 0 aliphatic carbocycles. The predicted molar refractivity (Wildman–Crippen MR) is 86.2 cm³/mol. The molecule has 21 heavy (non-hydrogen) atoms. The Balaban J connectivity index is 2.17. The molecule has 5 heteroatoms. The molecule has 3 N–H and O–H groups in total. The van der Waals surface area contributed by atoms with Crippen LogP contribution >= 0.6 is 11.8 Å². The van der Waals surface area contributed by atoms with E-state index in [0.29, 0.717) is 11.3 Å². The highest BCUT2D eigenvalue weighted by molar-refractivity contribution is 7.98. The number of hydrogen-bond acceptors (Lipinski definition) is 4. The van der Waals surface area contributed by atoms with Crippen molar-refractivity contribution in [2.45, 2.75) is 17.6 Å². The molecule has 0 aliphatic rings. The van der Waals surface area contributed by atoms with Crippen molar-refractivity contribution in [3.05, 3.63) is 59.2 Å². The molecule has 0 amide bonds. The average molecular weight is 302 g/mol. The van der Waals surface area contributed by atoms with Gasteiger partial charge in [0.2, 0.25) is 0 Å². The quantitative estimate of drug-likeness (QED) is 0.292. The summed E-state index contributed by atoms with van der Waals surface area (Å²) in [6, 6.07) is 14.1. The lowest BCUT2D eigenvalue weighted by atomic mass is 10.1. The van der Waals surface area contributed by atoms with E-state index in [4.69, 9.17) is 15.7 Å². The molecule has 0 spiro atoms. The lowest BCUT2D eigenvalue weighted by Gasteiger charge is -2.10. The van der Waals surface area contributed by atoms with Crippen LogP contribution in [0.15, 0.2) is 52.5 Å². The molecule has 2 aromatic carbocycles. The summed E-state index contributed by atoms with van der Waals surface area (Å²) in [5.41, 5.74) is 8.61. The number of amidine groups is 1. The highest BCUT2D eigenvalue weighted by Crippen LogP contribution is 2.26. The summed E-state index contributed by atoms with van der Waals surface area (Å²) in [5.74, 6) is 1.45. The molecule has 0 heterocycles. The first-order valence-electron chi connectivity index (χ1n) is 6.48. The molecular weight excluding hydrogens is 284 g/mol. The van der Waals surface area contributed by atoms with E-state index in [2.05, 4.69) is 30.3 Å². The van der Waals surface area contributed by atoms with Crippen LogP contribution in [0.25, 0.3) is 0 Å². The number of nitrogens with zero attached hydrogens (tertiary/aromatic N) is 1. The molecule has 2 aromatic rings. The maximum atomic E-state index is 8.84. The van der Waals surface area contributed by atoms with Crippen LogP contribution in [0.2, 0.25) is 0 Å². The summed E-state index contributed by atoms with van der Waals surface area (Å²) in [5, 5.41) is 11.9. The van der Waals surface area contributed by atoms with Crippen molar-refractivity contribution in [2.75, 3.05) is 7.11 Å². The molecule has 4 nitrogen and oxygen atoms in total. The number of hydrogen-bond donors (Lipinski definition) is 2. The van der Waals surface area contributed by atoms with Crippen LogP contribution in [-0.4, -0.2) is 18.2 Å². The smallest absolute Gasteiger partial charge is 0.173 e. The lowest BCUT2D eigenvalue weighted by molar-refractivity contribution is 0.318. The number of rotatable bonds is 5. The van der Waals surface area contributed by atoms with Crippen molar-refractivity contribution in [3.8, 4) is 5.75 Å². The number of thioether (sulfide) groups is 1. The maximum absolute atomic E-state index is 8.84. The van der Waals surface area contributed by atoms with E-state index < -0.39 is 0 Å². The minimum atomic E-state index is 0.0502. The van der Waals surface area contributed by atoms with Crippen molar-refractivity contribution in [3.63, 3.8) is 0 Å². The van der Waals surface area contributed by atoms with Crippen molar-refractivity contribution in [1.82, 2.24) is 0 Å². The first kappa shape index (κ1) is 15.3. The molecular formula is C16H18N2O2S. The van der Waals surface area contributed by atoms with Gasteiger partial charge >= 0.3 is 0 Å². The molecule has 2 rings (SSSR count). The summed E-state index contributed by atoms with van der Waals surface area (Å²) < 4.78 is 5.22. The van der Waals surface area contributed by atoms with Crippen LogP contribution in [0.3, 0.4) is 0 Å². The molecule has 0 saturated heterocycles. The number of oxime groups is 1. The Morgan fingerprint density at radius 2 is 2.10 bits per heavy atom. The molecule has 0 aliphatic heterocycles. The molecule has 0 fully saturated rings. The van der Waals surface area contributed by atoms with Gasteiger partial charge in [-0.3, -0.25) is 0 Å². The second kappa shape index (κ2) is 7.04. The van der Waals surface area contributed by atoms with Gasteiger partial charge < -0.3 is 15.7 Å². The highest BCUT2D eigenvalue weighted by atomic mass is 32.2. The van der Waals surface area contributed by atoms with Gasteiger partial charge in [0.25, 0.3) is 0 Å². The minimum Gasteiger partial charge on any atom is -0.496 e. The number of nitrogens with two attached hydrogens (primary N) is 1. The van der Waals surface area contributed by atoms with Crippen molar-refractivity contribution in [2.24, 2.45) is 10.9 Å². The molecule has 0 saturated carbocycles. The third kappa shape index (κ3) is 3.92. The Morgan fingerprint density at radius 1 is 1.29 bits per heavy atom. The van der Waals surface area contributed by atoms with Crippen LogP contribution in [0, 0.1) is 6.92 Å². The number of benzene rings is 2. The van der Waals surface area contributed by atoms with E-state index >= 15 is 0 Å². The predicted octanol–water partition coefficient (Wildman–Crippen LogP) is 3.39. The van der Waals surface area contributed by atoms with Gasteiger partial charge in [-0.2, -0.15) is 0 Å². The van der Waals surface area contributed by atoms with Crippen LogP contribution in [0.4, 0.5) is 0 Å². The topological polar surface area (TPSA) is 67.8 Å². The number of ether oxygens (including phenoxy) is 1. The third-order valence-electron chi connectivity index (χ3n) is 3.04. The Bertz CT molecular complexity index is 656. The Morgan fingerprint density at radius 3 is 2.76 bits per heavy atom. The zero-order valence-corrected chi connectivity index (χ0v) is 12.9. The summed E-state index contributed by atoms with van der Waals surface area (Å²) in [4.78, 5) is 1.22. The largest absolute Gasteiger partial charge is 0.496 e. The standard InChI is InChI=1S/C16H18N2O2S/c1-11-4-3-5-13(8-11)21-10-12-6-7-15(20-2)14(9-12)16(17)18-19/h3-9,19H,10H2,1-2H3,(H2,17,18). The van der Waals surface area contributed by atoms with Gasteiger partial charge in [-0.25, -0.2) is 0 Å². The van der Waals surface area contributed by atoms with E-state index in [-0.39, 0.29) is 5.84 Å². The Labute approximate surface area is 128 Å². The fourth-order valence-corrected chi connectivity index (χ4v) is 2.93.